The van der Waals surface area contributed by atoms with Crippen LogP contribution in [0.15, 0.2) is 24.7 Å². The summed E-state index contributed by atoms with van der Waals surface area (Å²) < 4.78 is 0. The molecule has 2 aromatic heterocycles. The largest absolute Gasteiger partial charge is 0.348 e. The standard InChI is InChI=1S/C14H15N3O/c1-9-2-4-12(15-7-9)14(18)10-3-5-11-13(6-10)17-8-16-11/h2,4,7-8,10H,3,5-6H2,1H3,(H,16,17). The van der Waals surface area contributed by atoms with Crippen molar-refractivity contribution < 1.29 is 4.79 Å². The molecule has 4 heteroatoms. The van der Waals surface area contributed by atoms with Crippen molar-refractivity contribution in [2.75, 3.05) is 0 Å². The molecule has 0 aromatic carbocycles. The zero-order chi connectivity index (χ0) is 12.5. The van der Waals surface area contributed by atoms with Crippen LogP contribution >= 0.6 is 0 Å². The number of carbonyl (C=O) groups excluding carboxylic acids is 1. The number of aromatic amines is 1. The molecule has 18 heavy (non-hydrogen) atoms. The SMILES string of the molecule is Cc1ccc(C(=O)C2CCc3[nH]cnc3C2)nc1. The van der Waals surface area contributed by atoms with Gasteiger partial charge < -0.3 is 4.98 Å². The number of H-pyrrole nitrogens is 1. The number of hydrogen-bond donors (Lipinski definition) is 1. The quantitative estimate of drug-likeness (QED) is 0.819. The van der Waals surface area contributed by atoms with Crippen LogP contribution in [0.4, 0.5) is 0 Å². The molecule has 1 unspecified atom stereocenters. The minimum absolute atomic E-state index is 0.0241. The smallest absolute Gasteiger partial charge is 0.184 e. The monoisotopic (exact) mass is 241 g/mol. The van der Waals surface area contributed by atoms with E-state index in [0.29, 0.717) is 5.69 Å². The van der Waals surface area contributed by atoms with Crippen molar-refractivity contribution in [3.05, 3.63) is 47.3 Å². The van der Waals surface area contributed by atoms with Gasteiger partial charge in [-0.15, -0.1) is 0 Å². The lowest BCUT2D eigenvalue weighted by Crippen LogP contribution is -2.23. The number of ketones is 1. The van der Waals surface area contributed by atoms with Crippen molar-refractivity contribution in [1.29, 1.82) is 0 Å². The number of rotatable bonds is 2. The van der Waals surface area contributed by atoms with Gasteiger partial charge in [0, 0.05) is 24.2 Å². The van der Waals surface area contributed by atoms with E-state index < -0.39 is 0 Å². The summed E-state index contributed by atoms with van der Waals surface area (Å²) in [5, 5.41) is 0. The zero-order valence-corrected chi connectivity index (χ0v) is 10.3. The Kier molecular flexibility index (Phi) is 2.70. The average Bonchev–Trinajstić information content (AvgIpc) is 2.86. The minimum atomic E-state index is 0.0241. The molecule has 1 aliphatic carbocycles. The first-order chi connectivity index (χ1) is 8.74. The summed E-state index contributed by atoms with van der Waals surface area (Å²) in [6, 6.07) is 3.75. The Morgan fingerprint density at radius 1 is 1.39 bits per heavy atom. The molecule has 1 atom stereocenters. The fourth-order valence-corrected chi connectivity index (χ4v) is 2.44. The van der Waals surface area contributed by atoms with E-state index in [9.17, 15) is 4.79 Å². The van der Waals surface area contributed by atoms with E-state index in [2.05, 4.69) is 15.0 Å². The number of hydrogen-bond acceptors (Lipinski definition) is 3. The summed E-state index contributed by atoms with van der Waals surface area (Å²) in [7, 11) is 0. The summed E-state index contributed by atoms with van der Waals surface area (Å²) in [6.07, 6.45) is 5.96. The third-order valence-corrected chi connectivity index (χ3v) is 3.52. The van der Waals surface area contributed by atoms with Gasteiger partial charge in [0.05, 0.1) is 12.0 Å². The maximum atomic E-state index is 12.3. The molecular weight excluding hydrogens is 226 g/mol. The van der Waals surface area contributed by atoms with Gasteiger partial charge in [0.1, 0.15) is 5.69 Å². The number of carbonyl (C=O) groups is 1. The highest BCUT2D eigenvalue weighted by molar-refractivity contribution is 5.96. The zero-order valence-electron chi connectivity index (χ0n) is 10.3. The molecule has 3 rings (SSSR count). The molecule has 2 aromatic rings. The van der Waals surface area contributed by atoms with Gasteiger partial charge in [0.15, 0.2) is 5.78 Å². The Morgan fingerprint density at radius 3 is 3.06 bits per heavy atom. The van der Waals surface area contributed by atoms with E-state index in [1.54, 1.807) is 12.5 Å². The van der Waals surface area contributed by atoms with Crippen LogP contribution in [0, 0.1) is 12.8 Å². The Labute approximate surface area is 105 Å². The van der Waals surface area contributed by atoms with Crippen LogP contribution in [0.1, 0.15) is 33.9 Å². The van der Waals surface area contributed by atoms with Crippen molar-refractivity contribution in [3.63, 3.8) is 0 Å². The molecule has 1 N–H and O–H groups in total. The summed E-state index contributed by atoms with van der Waals surface area (Å²) in [5.74, 6) is 0.166. The second-order valence-corrected chi connectivity index (χ2v) is 4.85. The number of fused-ring (bicyclic) bond motifs is 1. The van der Waals surface area contributed by atoms with Gasteiger partial charge in [-0.05, 0) is 31.4 Å². The van der Waals surface area contributed by atoms with Crippen LogP contribution in [0.3, 0.4) is 0 Å². The lowest BCUT2D eigenvalue weighted by Gasteiger charge is -2.19. The molecule has 0 spiro atoms. The summed E-state index contributed by atoms with van der Waals surface area (Å²) in [5.41, 5.74) is 3.86. The van der Waals surface area contributed by atoms with Crippen molar-refractivity contribution in [2.45, 2.75) is 26.2 Å². The molecule has 92 valence electrons. The maximum Gasteiger partial charge on any atom is 0.184 e. The second kappa shape index (κ2) is 4.37. The Hall–Kier alpha value is -1.97. The normalized spacial score (nSPS) is 18.4. The fraction of sp³-hybridized carbons (Fsp3) is 0.357. The van der Waals surface area contributed by atoms with Gasteiger partial charge in [0.2, 0.25) is 0 Å². The minimum Gasteiger partial charge on any atom is -0.348 e. The Morgan fingerprint density at radius 2 is 2.28 bits per heavy atom. The Bertz CT molecular complexity index is 571. The summed E-state index contributed by atoms with van der Waals surface area (Å²) >= 11 is 0. The van der Waals surface area contributed by atoms with Crippen LogP contribution in [0.25, 0.3) is 0 Å². The summed E-state index contributed by atoms with van der Waals surface area (Å²) in [4.78, 5) is 24.0. The van der Waals surface area contributed by atoms with Gasteiger partial charge >= 0.3 is 0 Å². The average molecular weight is 241 g/mol. The van der Waals surface area contributed by atoms with Crippen molar-refractivity contribution in [2.24, 2.45) is 5.92 Å². The molecule has 0 saturated heterocycles. The molecule has 0 aliphatic heterocycles. The van der Waals surface area contributed by atoms with Crippen LogP contribution in [-0.2, 0) is 12.8 Å². The maximum absolute atomic E-state index is 12.3. The molecule has 1 aliphatic rings. The highest BCUT2D eigenvalue weighted by Crippen LogP contribution is 2.25. The lowest BCUT2D eigenvalue weighted by atomic mass is 9.85. The van der Waals surface area contributed by atoms with Gasteiger partial charge in [-0.25, -0.2) is 4.98 Å². The molecule has 0 bridgehead atoms. The molecule has 0 radical (unpaired) electrons. The van der Waals surface area contributed by atoms with Crippen molar-refractivity contribution in [3.8, 4) is 0 Å². The summed E-state index contributed by atoms with van der Waals surface area (Å²) in [6.45, 7) is 1.97. The fourth-order valence-electron chi connectivity index (χ4n) is 2.44. The van der Waals surface area contributed by atoms with Gasteiger partial charge in [-0.2, -0.15) is 0 Å². The first-order valence-corrected chi connectivity index (χ1v) is 6.22. The van der Waals surface area contributed by atoms with Crippen LogP contribution in [0.5, 0.6) is 0 Å². The van der Waals surface area contributed by atoms with E-state index in [0.717, 1.165) is 30.5 Å². The number of aromatic nitrogens is 3. The predicted octanol–water partition coefficient (Wildman–Crippen LogP) is 2.10. The topological polar surface area (TPSA) is 58.6 Å². The van der Waals surface area contributed by atoms with Crippen LogP contribution in [-0.4, -0.2) is 20.7 Å². The van der Waals surface area contributed by atoms with Crippen molar-refractivity contribution >= 4 is 5.78 Å². The molecular formula is C14H15N3O. The number of pyridine rings is 1. The third kappa shape index (κ3) is 1.94. The lowest BCUT2D eigenvalue weighted by molar-refractivity contribution is 0.0902. The molecule has 0 fully saturated rings. The van der Waals surface area contributed by atoms with E-state index in [4.69, 9.17) is 0 Å². The molecule has 0 amide bonds. The number of imidazole rings is 1. The molecule has 2 heterocycles. The van der Waals surface area contributed by atoms with Crippen molar-refractivity contribution in [1.82, 2.24) is 15.0 Å². The highest BCUT2D eigenvalue weighted by atomic mass is 16.1. The van der Waals surface area contributed by atoms with E-state index >= 15 is 0 Å². The van der Waals surface area contributed by atoms with Crippen LogP contribution in [0.2, 0.25) is 0 Å². The first-order valence-electron chi connectivity index (χ1n) is 6.22. The number of nitrogens with one attached hydrogen (secondary N) is 1. The van der Waals surface area contributed by atoms with E-state index in [1.165, 1.54) is 5.69 Å². The van der Waals surface area contributed by atoms with Gasteiger partial charge in [0.25, 0.3) is 0 Å². The van der Waals surface area contributed by atoms with Gasteiger partial charge in [-0.1, -0.05) is 6.07 Å². The van der Waals surface area contributed by atoms with Gasteiger partial charge in [-0.3, -0.25) is 9.78 Å². The Balaban J connectivity index is 1.80. The number of nitrogens with zero attached hydrogens (tertiary/aromatic N) is 2. The second-order valence-electron chi connectivity index (χ2n) is 4.85. The number of Topliss-reactive ketones (excluding diaryl/α,β-unsaturated/α-hetero) is 1. The molecule has 0 saturated carbocycles. The van der Waals surface area contributed by atoms with Crippen LogP contribution < -0.4 is 0 Å². The number of aryl methyl sites for hydroxylation is 2. The van der Waals surface area contributed by atoms with E-state index in [1.807, 2.05) is 19.1 Å². The van der Waals surface area contributed by atoms with E-state index in [-0.39, 0.29) is 11.7 Å². The first kappa shape index (κ1) is 11.1. The third-order valence-electron chi connectivity index (χ3n) is 3.52. The molecule has 4 nitrogen and oxygen atoms in total. The predicted molar refractivity (Wildman–Crippen MR) is 67.4 cm³/mol. The highest BCUT2D eigenvalue weighted by Gasteiger charge is 2.27.